The molecule has 2 amide bonds. The number of aromatic nitrogens is 1. The van der Waals surface area contributed by atoms with Crippen LogP contribution in [0.3, 0.4) is 0 Å². The van der Waals surface area contributed by atoms with Gasteiger partial charge in [0.05, 0.1) is 30.9 Å². The number of hydrogen-bond donors (Lipinski definition) is 1. The van der Waals surface area contributed by atoms with Gasteiger partial charge in [-0.25, -0.2) is 0 Å². The van der Waals surface area contributed by atoms with Crippen molar-refractivity contribution in [2.24, 2.45) is 13.0 Å². The van der Waals surface area contributed by atoms with Gasteiger partial charge in [-0.05, 0) is 37.1 Å². The predicted molar refractivity (Wildman–Crippen MR) is 93.3 cm³/mol. The maximum Gasteiger partial charge on any atom is 0.270 e. The molecule has 1 N–H and O–H groups in total. The number of furan rings is 1. The number of carbonyl (C=O) groups is 2. The minimum Gasteiger partial charge on any atom is -0.467 e. The molecule has 138 valence electrons. The third-order valence-electron chi connectivity index (χ3n) is 5.32. The van der Waals surface area contributed by atoms with Gasteiger partial charge in [-0.15, -0.1) is 0 Å². The van der Waals surface area contributed by atoms with Crippen molar-refractivity contribution in [1.82, 2.24) is 14.8 Å². The Hall–Kier alpha value is -2.54. The van der Waals surface area contributed by atoms with E-state index in [2.05, 4.69) is 5.32 Å². The van der Waals surface area contributed by atoms with E-state index in [1.54, 1.807) is 12.3 Å². The summed E-state index contributed by atoms with van der Waals surface area (Å²) in [5.41, 5.74) is 0.632. The van der Waals surface area contributed by atoms with Crippen molar-refractivity contribution in [2.45, 2.75) is 31.5 Å². The molecule has 2 saturated heterocycles. The van der Waals surface area contributed by atoms with Crippen molar-refractivity contribution < 1.29 is 18.7 Å². The highest BCUT2D eigenvalue weighted by molar-refractivity contribution is 5.93. The molecule has 7 heteroatoms. The van der Waals surface area contributed by atoms with Crippen LogP contribution in [0.2, 0.25) is 0 Å². The van der Waals surface area contributed by atoms with E-state index < -0.39 is 0 Å². The van der Waals surface area contributed by atoms with Gasteiger partial charge in [0.2, 0.25) is 5.91 Å². The molecule has 2 aliphatic heterocycles. The van der Waals surface area contributed by atoms with Crippen LogP contribution in [-0.2, 0) is 23.1 Å². The molecule has 0 bridgehead atoms. The monoisotopic (exact) mass is 357 g/mol. The first-order valence-corrected chi connectivity index (χ1v) is 8.97. The fourth-order valence-corrected chi connectivity index (χ4v) is 3.93. The van der Waals surface area contributed by atoms with E-state index in [-0.39, 0.29) is 29.9 Å². The summed E-state index contributed by atoms with van der Waals surface area (Å²) in [7, 11) is 1.85. The first-order chi connectivity index (χ1) is 12.6. The van der Waals surface area contributed by atoms with Gasteiger partial charge in [0.1, 0.15) is 11.5 Å². The Bertz CT molecular complexity index is 783. The highest BCUT2D eigenvalue weighted by Crippen LogP contribution is 2.32. The van der Waals surface area contributed by atoms with Gasteiger partial charge in [-0.2, -0.15) is 0 Å². The quantitative estimate of drug-likeness (QED) is 0.901. The lowest BCUT2D eigenvalue weighted by molar-refractivity contribution is -0.129. The fourth-order valence-electron chi connectivity index (χ4n) is 3.93. The predicted octanol–water partition coefficient (Wildman–Crippen LogP) is 1.55. The van der Waals surface area contributed by atoms with Crippen molar-refractivity contribution in [1.29, 1.82) is 0 Å². The molecule has 0 aromatic carbocycles. The van der Waals surface area contributed by atoms with Crippen LogP contribution in [0.15, 0.2) is 41.1 Å². The van der Waals surface area contributed by atoms with Gasteiger partial charge in [0.25, 0.3) is 5.91 Å². The van der Waals surface area contributed by atoms with Crippen LogP contribution >= 0.6 is 0 Å². The number of rotatable bonds is 4. The summed E-state index contributed by atoms with van der Waals surface area (Å²) in [5, 5.41) is 2.91. The summed E-state index contributed by atoms with van der Waals surface area (Å²) in [4.78, 5) is 27.5. The number of nitrogens with zero attached hydrogens (tertiary/aromatic N) is 2. The number of ether oxygens (including phenoxy) is 1. The van der Waals surface area contributed by atoms with Gasteiger partial charge in [0.15, 0.2) is 0 Å². The summed E-state index contributed by atoms with van der Waals surface area (Å²) in [5.74, 6) is 0.316. The Morgan fingerprint density at radius 1 is 1.31 bits per heavy atom. The number of hydrogen-bond acceptors (Lipinski definition) is 4. The summed E-state index contributed by atoms with van der Waals surface area (Å²) in [6, 6.07) is 7.33. The lowest BCUT2D eigenvalue weighted by atomic mass is 9.89. The summed E-state index contributed by atoms with van der Waals surface area (Å²) in [6.45, 7) is 1.40. The average Bonchev–Trinajstić information content (AvgIpc) is 3.39. The second-order valence-corrected chi connectivity index (χ2v) is 6.96. The van der Waals surface area contributed by atoms with Crippen LogP contribution in [0.25, 0.3) is 0 Å². The smallest absolute Gasteiger partial charge is 0.270 e. The number of piperidine rings is 1. The summed E-state index contributed by atoms with van der Waals surface area (Å²) >= 11 is 0. The van der Waals surface area contributed by atoms with E-state index >= 15 is 0 Å². The standard InChI is InChI=1S/C19H23N3O4/c1-21-7-2-5-16(21)19(24)22-12-13(10-17-15(22)6-9-26-17)18(23)20-11-14-4-3-8-25-14/h2-5,7-8,13,15,17H,6,9-12H2,1H3,(H,20,23)/t13-,15+,17+/m0/s1. The third kappa shape index (κ3) is 3.14. The molecule has 2 fully saturated rings. The van der Waals surface area contributed by atoms with Gasteiger partial charge >= 0.3 is 0 Å². The molecule has 3 atom stereocenters. The maximum absolute atomic E-state index is 13.0. The lowest BCUT2D eigenvalue weighted by Crippen LogP contribution is -2.55. The Kier molecular flexibility index (Phi) is 4.55. The average molecular weight is 357 g/mol. The number of nitrogens with one attached hydrogen (secondary N) is 1. The zero-order chi connectivity index (χ0) is 18.1. The first-order valence-electron chi connectivity index (χ1n) is 8.97. The molecular weight excluding hydrogens is 334 g/mol. The van der Waals surface area contributed by atoms with Crippen LogP contribution in [0.5, 0.6) is 0 Å². The lowest BCUT2D eigenvalue weighted by Gasteiger charge is -2.40. The molecule has 2 aliphatic rings. The Labute approximate surface area is 151 Å². The molecular formula is C19H23N3O4. The molecule has 0 radical (unpaired) electrons. The van der Waals surface area contributed by atoms with Crippen LogP contribution in [0.4, 0.5) is 0 Å². The zero-order valence-electron chi connectivity index (χ0n) is 14.8. The highest BCUT2D eigenvalue weighted by atomic mass is 16.5. The minimum atomic E-state index is -0.284. The maximum atomic E-state index is 13.0. The first kappa shape index (κ1) is 16.9. The van der Waals surface area contributed by atoms with E-state index in [0.717, 1.165) is 6.42 Å². The molecule has 0 saturated carbocycles. The van der Waals surface area contributed by atoms with Crippen molar-refractivity contribution in [3.05, 3.63) is 48.2 Å². The molecule has 7 nitrogen and oxygen atoms in total. The fraction of sp³-hybridized carbons (Fsp3) is 0.474. The molecule has 4 heterocycles. The van der Waals surface area contributed by atoms with Crippen LogP contribution in [0.1, 0.15) is 29.1 Å². The normalized spacial score (nSPS) is 25.1. The van der Waals surface area contributed by atoms with Crippen LogP contribution in [-0.4, -0.2) is 46.6 Å². The van der Waals surface area contributed by atoms with E-state index in [0.29, 0.717) is 37.6 Å². The second-order valence-electron chi connectivity index (χ2n) is 6.96. The van der Waals surface area contributed by atoms with Crippen LogP contribution in [0, 0.1) is 5.92 Å². The van der Waals surface area contributed by atoms with E-state index in [1.165, 1.54) is 0 Å². The van der Waals surface area contributed by atoms with Crippen molar-refractivity contribution in [3.8, 4) is 0 Å². The molecule has 0 spiro atoms. The van der Waals surface area contributed by atoms with Gasteiger partial charge < -0.3 is 23.9 Å². The van der Waals surface area contributed by atoms with E-state index in [9.17, 15) is 9.59 Å². The van der Waals surface area contributed by atoms with Gasteiger partial charge in [0, 0.05) is 26.4 Å². The molecule has 26 heavy (non-hydrogen) atoms. The van der Waals surface area contributed by atoms with E-state index in [4.69, 9.17) is 9.15 Å². The van der Waals surface area contributed by atoms with Crippen molar-refractivity contribution in [2.75, 3.05) is 13.2 Å². The third-order valence-corrected chi connectivity index (χ3v) is 5.32. The highest BCUT2D eigenvalue weighted by Gasteiger charge is 2.44. The van der Waals surface area contributed by atoms with Crippen LogP contribution < -0.4 is 5.32 Å². The molecule has 0 unspecified atom stereocenters. The second kappa shape index (κ2) is 6.99. The number of aryl methyl sites for hydroxylation is 1. The Balaban J connectivity index is 1.48. The Morgan fingerprint density at radius 3 is 2.92 bits per heavy atom. The zero-order valence-corrected chi connectivity index (χ0v) is 14.8. The topological polar surface area (TPSA) is 76.7 Å². The number of likely N-dealkylation sites (tertiary alicyclic amines) is 1. The molecule has 2 aromatic heterocycles. The molecule has 2 aromatic rings. The number of fused-ring (bicyclic) bond motifs is 1. The van der Waals surface area contributed by atoms with Crippen molar-refractivity contribution >= 4 is 11.8 Å². The van der Waals surface area contributed by atoms with Crippen molar-refractivity contribution in [3.63, 3.8) is 0 Å². The molecule has 4 rings (SSSR count). The Morgan fingerprint density at radius 2 is 2.19 bits per heavy atom. The number of carbonyl (C=O) groups excluding carboxylic acids is 2. The van der Waals surface area contributed by atoms with Gasteiger partial charge in [-0.1, -0.05) is 0 Å². The summed E-state index contributed by atoms with van der Waals surface area (Å²) in [6.07, 6.45) is 4.83. The SMILES string of the molecule is Cn1cccc1C(=O)N1C[C@@H](C(=O)NCc2ccco2)C[C@H]2OCC[C@H]21. The largest absolute Gasteiger partial charge is 0.467 e. The minimum absolute atomic E-state index is 0.0402. The molecule has 0 aliphatic carbocycles. The van der Waals surface area contributed by atoms with Gasteiger partial charge in [-0.3, -0.25) is 9.59 Å². The number of amides is 2. The van der Waals surface area contributed by atoms with E-state index in [1.807, 2.05) is 40.9 Å². The summed E-state index contributed by atoms with van der Waals surface area (Å²) < 4.78 is 12.9.